The number of benzene rings is 1. The summed E-state index contributed by atoms with van der Waals surface area (Å²) < 4.78 is 25.6. The molecule has 6 heteroatoms. The molecule has 3 heterocycles. The molecule has 23 heavy (non-hydrogen) atoms. The van der Waals surface area contributed by atoms with Crippen LogP contribution in [-0.2, 0) is 16.4 Å². The average Bonchev–Trinajstić information content (AvgIpc) is 3.06. The SMILES string of the molecule is CCN1CCN(Cc2cc3ccccc3s2)[C@H]2CS(=O)(=O)C[C@H]21. The van der Waals surface area contributed by atoms with Crippen molar-refractivity contribution in [2.45, 2.75) is 25.6 Å². The zero-order valence-electron chi connectivity index (χ0n) is 13.3. The van der Waals surface area contributed by atoms with Crippen molar-refractivity contribution in [3.8, 4) is 0 Å². The van der Waals surface area contributed by atoms with E-state index >= 15 is 0 Å². The highest BCUT2D eigenvalue weighted by molar-refractivity contribution is 7.91. The zero-order chi connectivity index (χ0) is 16.0. The lowest BCUT2D eigenvalue weighted by molar-refractivity contribution is 0.0446. The Hall–Kier alpha value is -0.950. The van der Waals surface area contributed by atoms with Gasteiger partial charge in [-0.1, -0.05) is 25.1 Å². The number of fused-ring (bicyclic) bond motifs is 2. The normalized spacial score (nSPS) is 28.2. The van der Waals surface area contributed by atoms with Crippen molar-refractivity contribution in [2.75, 3.05) is 31.1 Å². The Balaban J connectivity index is 1.59. The van der Waals surface area contributed by atoms with Crippen LogP contribution in [0.25, 0.3) is 10.1 Å². The van der Waals surface area contributed by atoms with Gasteiger partial charge in [-0.25, -0.2) is 8.42 Å². The highest BCUT2D eigenvalue weighted by Crippen LogP contribution is 2.31. The van der Waals surface area contributed by atoms with E-state index in [-0.39, 0.29) is 12.1 Å². The molecular weight excluding hydrogens is 328 g/mol. The summed E-state index contributed by atoms with van der Waals surface area (Å²) in [6, 6.07) is 11.0. The van der Waals surface area contributed by atoms with Gasteiger partial charge in [0.05, 0.1) is 11.5 Å². The third-order valence-corrected chi connectivity index (χ3v) is 7.95. The lowest BCUT2D eigenvalue weighted by atomic mass is 10.0. The molecule has 0 radical (unpaired) electrons. The highest BCUT2D eigenvalue weighted by atomic mass is 32.2. The topological polar surface area (TPSA) is 40.6 Å². The van der Waals surface area contributed by atoms with Crippen LogP contribution in [0.2, 0.25) is 0 Å². The predicted octanol–water partition coefficient (Wildman–Crippen LogP) is 2.20. The summed E-state index contributed by atoms with van der Waals surface area (Å²) in [5, 5.41) is 1.29. The van der Waals surface area contributed by atoms with Crippen molar-refractivity contribution in [3.05, 3.63) is 35.2 Å². The molecule has 2 saturated heterocycles. The van der Waals surface area contributed by atoms with Gasteiger partial charge in [0.15, 0.2) is 9.84 Å². The van der Waals surface area contributed by atoms with Crippen LogP contribution in [0.3, 0.4) is 0 Å². The molecule has 0 N–H and O–H groups in total. The van der Waals surface area contributed by atoms with Gasteiger partial charge >= 0.3 is 0 Å². The highest BCUT2D eigenvalue weighted by Gasteiger charge is 2.45. The lowest BCUT2D eigenvalue weighted by Crippen LogP contribution is -2.58. The van der Waals surface area contributed by atoms with E-state index in [1.54, 1.807) is 0 Å². The molecule has 0 saturated carbocycles. The maximum Gasteiger partial charge on any atom is 0.153 e. The van der Waals surface area contributed by atoms with Crippen LogP contribution in [0.4, 0.5) is 0 Å². The van der Waals surface area contributed by atoms with Crippen molar-refractivity contribution in [1.29, 1.82) is 0 Å². The van der Waals surface area contributed by atoms with Crippen molar-refractivity contribution in [1.82, 2.24) is 9.80 Å². The molecule has 124 valence electrons. The fourth-order valence-corrected chi connectivity index (χ4v) is 7.13. The molecule has 1 aromatic carbocycles. The molecule has 2 fully saturated rings. The van der Waals surface area contributed by atoms with E-state index < -0.39 is 9.84 Å². The van der Waals surface area contributed by atoms with Gasteiger partial charge in [0, 0.05) is 41.3 Å². The van der Waals surface area contributed by atoms with Gasteiger partial charge in [-0.15, -0.1) is 11.3 Å². The minimum Gasteiger partial charge on any atom is -0.297 e. The second kappa shape index (κ2) is 5.84. The number of thiophene rings is 1. The predicted molar refractivity (Wildman–Crippen MR) is 95.7 cm³/mol. The van der Waals surface area contributed by atoms with E-state index in [0.29, 0.717) is 11.5 Å². The zero-order valence-corrected chi connectivity index (χ0v) is 14.9. The van der Waals surface area contributed by atoms with Crippen molar-refractivity contribution < 1.29 is 8.42 Å². The van der Waals surface area contributed by atoms with Crippen LogP contribution in [0.1, 0.15) is 11.8 Å². The Morgan fingerprint density at radius 2 is 1.83 bits per heavy atom. The Morgan fingerprint density at radius 3 is 2.57 bits per heavy atom. The van der Waals surface area contributed by atoms with Gasteiger partial charge in [0.25, 0.3) is 0 Å². The second-order valence-corrected chi connectivity index (χ2v) is 9.88. The van der Waals surface area contributed by atoms with E-state index in [1.807, 2.05) is 11.3 Å². The van der Waals surface area contributed by atoms with Gasteiger partial charge in [0.2, 0.25) is 0 Å². The largest absolute Gasteiger partial charge is 0.297 e. The maximum absolute atomic E-state index is 12.1. The van der Waals surface area contributed by atoms with Crippen molar-refractivity contribution in [2.24, 2.45) is 0 Å². The Morgan fingerprint density at radius 1 is 1.13 bits per heavy atom. The van der Waals surface area contributed by atoms with E-state index in [0.717, 1.165) is 26.2 Å². The summed E-state index contributed by atoms with van der Waals surface area (Å²) in [7, 11) is -2.90. The van der Waals surface area contributed by atoms with Crippen LogP contribution >= 0.6 is 11.3 Å². The van der Waals surface area contributed by atoms with Gasteiger partial charge in [-0.2, -0.15) is 0 Å². The number of hydrogen-bond acceptors (Lipinski definition) is 5. The number of piperazine rings is 1. The molecule has 2 aliphatic rings. The monoisotopic (exact) mass is 350 g/mol. The molecular formula is C17H22N2O2S2. The van der Waals surface area contributed by atoms with E-state index in [1.165, 1.54) is 15.0 Å². The fraction of sp³-hybridized carbons (Fsp3) is 0.529. The Bertz CT molecular complexity index is 782. The Kier molecular flexibility index (Phi) is 3.96. The lowest BCUT2D eigenvalue weighted by Gasteiger charge is -2.43. The third kappa shape index (κ3) is 2.93. The molecule has 2 aromatic rings. The van der Waals surface area contributed by atoms with Crippen LogP contribution in [0, 0.1) is 0 Å². The van der Waals surface area contributed by atoms with Gasteiger partial charge < -0.3 is 0 Å². The molecule has 0 unspecified atom stereocenters. The van der Waals surface area contributed by atoms with E-state index in [2.05, 4.69) is 47.1 Å². The van der Waals surface area contributed by atoms with Crippen LogP contribution in [-0.4, -0.2) is 61.4 Å². The number of nitrogens with zero attached hydrogens (tertiary/aromatic N) is 2. The molecule has 4 rings (SSSR count). The standard InChI is InChI=1S/C17H22N2O2S2/c1-2-18-7-8-19(16-12-23(20,21)11-15(16)18)10-14-9-13-5-3-4-6-17(13)22-14/h3-6,9,15-16H,2,7-8,10-12H2,1H3/t15-,16+/m1/s1. The average molecular weight is 351 g/mol. The van der Waals surface area contributed by atoms with E-state index in [9.17, 15) is 8.42 Å². The van der Waals surface area contributed by atoms with Crippen molar-refractivity contribution in [3.63, 3.8) is 0 Å². The molecule has 0 spiro atoms. The summed E-state index contributed by atoms with van der Waals surface area (Å²) in [5.41, 5.74) is 0. The molecule has 2 atom stereocenters. The van der Waals surface area contributed by atoms with Crippen LogP contribution in [0.15, 0.2) is 30.3 Å². The minimum absolute atomic E-state index is 0.152. The molecule has 0 amide bonds. The number of hydrogen-bond donors (Lipinski definition) is 0. The number of likely N-dealkylation sites (N-methyl/N-ethyl adjacent to an activating group) is 1. The second-order valence-electron chi connectivity index (χ2n) is 6.56. The summed E-state index contributed by atoms with van der Waals surface area (Å²) in [4.78, 5) is 6.07. The molecule has 0 bridgehead atoms. The van der Waals surface area contributed by atoms with Gasteiger partial charge in [-0.3, -0.25) is 9.80 Å². The summed E-state index contributed by atoms with van der Waals surface area (Å²) in [5.74, 6) is 0.646. The fourth-order valence-electron chi connectivity index (χ4n) is 4.00. The molecule has 1 aromatic heterocycles. The van der Waals surface area contributed by atoms with Gasteiger partial charge in [-0.05, 0) is 24.1 Å². The maximum atomic E-state index is 12.1. The minimum atomic E-state index is -2.90. The third-order valence-electron chi connectivity index (χ3n) is 5.15. The van der Waals surface area contributed by atoms with Crippen molar-refractivity contribution >= 4 is 31.3 Å². The first kappa shape index (κ1) is 15.6. The molecule has 0 aliphatic carbocycles. The van der Waals surface area contributed by atoms with E-state index in [4.69, 9.17) is 0 Å². The smallest absolute Gasteiger partial charge is 0.153 e. The molecule has 4 nitrogen and oxygen atoms in total. The first-order valence-electron chi connectivity index (χ1n) is 8.22. The summed E-state index contributed by atoms with van der Waals surface area (Å²) in [6.07, 6.45) is 0. The summed E-state index contributed by atoms with van der Waals surface area (Å²) in [6.45, 7) is 5.86. The first-order valence-corrected chi connectivity index (χ1v) is 10.9. The number of rotatable bonds is 3. The van der Waals surface area contributed by atoms with Gasteiger partial charge in [0.1, 0.15) is 0 Å². The summed E-state index contributed by atoms with van der Waals surface area (Å²) >= 11 is 1.83. The van der Waals surface area contributed by atoms with Crippen LogP contribution in [0.5, 0.6) is 0 Å². The Labute approximate surface area is 141 Å². The first-order chi connectivity index (χ1) is 11.1. The molecule has 2 aliphatic heterocycles. The quantitative estimate of drug-likeness (QED) is 0.851. The van der Waals surface area contributed by atoms with Crippen LogP contribution < -0.4 is 0 Å². The number of sulfone groups is 1.